The second-order valence-electron chi connectivity index (χ2n) is 4.89. The van der Waals surface area contributed by atoms with Crippen LogP contribution in [0.1, 0.15) is 23.9 Å². The highest BCUT2D eigenvalue weighted by molar-refractivity contribution is 5.42. The molecule has 0 aliphatic carbocycles. The number of hydrogen-bond donors (Lipinski definition) is 1. The second kappa shape index (κ2) is 7.01. The molecular weight excluding hydrogens is 248 g/mol. The average Bonchev–Trinajstić information content (AvgIpc) is 2.48. The van der Waals surface area contributed by atoms with Crippen molar-refractivity contribution in [2.45, 2.75) is 26.4 Å². The molecule has 2 aromatic rings. The molecule has 0 fully saturated rings. The highest BCUT2D eigenvalue weighted by Crippen LogP contribution is 2.16. The van der Waals surface area contributed by atoms with E-state index in [0.717, 1.165) is 36.7 Å². The van der Waals surface area contributed by atoms with E-state index in [1.807, 2.05) is 31.4 Å². The van der Waals surface area contributed by atoms with Crippen molar-refractivity contribution in [3.8, 4) is 0 Å². The molecule has 0 bridgehead atoms. The minimum Gasteiger partial charge on any atom is -0.354 e. The maximum absolute atomic E-state index is 4.70. The lowest BCUT2D eigenvalue weighted by Crippen LogP contribution is -2.19. The molecule has 0 radical (unpaired) electrons. The highest BCUT2D eigenvalue weighted by Gasteiger charge is 2.07. The van der Waals surface area contributed by atoms with Crippen LogP contribution in [0.5, 0.6) is 0 Å². The van der Waals surface area contributed by atoms with E-state index in [9.17, 15) is 0 Å². The maximum Gasteiger partial charge on any atom is 0.129 e. The van der Waals surface area contributed by atoms with E-state index in [1.54, 1.807) is 0 Å². The lowest BCUT2D eigenvalue weighted by atomic mass is 10.2. The normalized spacial score (nSPS) is 10.6. The van der Waals surface area contributed by atoms with Crippen molar-refractivity contribution in [1.29, 1.82) is 0 Å². The number of nitrogens with one attached hydrogen (secondary N) is 1. The van der Waals surface area contributed by atoms with E-state index < -0.39 is 0 Å². The number of aryl methyl sites for hydroxylation is 1. The Morgan fingerprint density at radius 3 is 2.70 bits per heavy atom. The summed E-state index contributed by atoms with van der Waals surface area (Å²) in [6.45, 7) is 3.76. The van der Waals surface area contributed by atoms with Gasteiger partial charge in [-0.2, -0.15) is 0 Å². The summed E-state index contributed by atoms with van der Waals surface area (Å²) in [6.07, 6.45) is 2.77. The van der Waals surface area contributed by atoms with Gasteiger partial charge in [0.1, 0.15) is 5.82 Å². The number of pyridine rings is 2. The third kappa shape index (κ3) is 3.78. The third-order valence-electron chi connectivity index (χ3n) is 3.18. The zero-order valence-electron chi connectivity index (χ0n) is 12.4. The van der Waals surface area contributed by atoms with Crippen molar-refractivity contribution in [3.63, 3.8) is 0 Å². The molecule has 2 heterocycles. The fourth-order valence-corrected chi connectivity index (χ4v) is 2.13. The van der Waals surface area contributed by atoms with Crippen molar-refractivity contribution in [1.82, 2.24) is 15.3 Å². The minimum absolute atomic E-state index is 0.764. The molecule has 2 rings (SSSR count). The van der Waals surface area contributed by atoms with Crippen molar-refractivity contribution in [2.24, 2.45) is 0 Å². The van der Waals surface area contributed by atoms with Crippen LogP contribution in [0, 0.1) is 0 Å². The van der Waals surface area contributed by atoms with E-state index in [0.29, 0.717) is 0 Å². The van der Waals surface area contributed by atoms with Gasteiger partial charge in [0, 0.05) is 25.5 Å². The van der Waals surface area contributed by atoms with Gasteiger partial charge >= 0.3 is 0 Å². The molecule has 0 amide bonds. The van der Waals surface area contributed by atoms with Gasteiger partial charge < -0.3 is 10.2 Å². The molecular formula is C16H22N4. The number of hydrogen-bond acceptors (Lipinski definition) is 4. The van der Waals surface area contributed by atoms with Gasteiger partial charge in [-0.05, 0) is 43.3 Å². The molecule has 0 unspecified atom stereocenters. The Bertz CT molecular complexity index is 539. The first-order chi connectivity index (χ1) is 9.72. The highest BCUT2D eigenvalue weighted by atomic mass is 15.2. The molecule has 0 aliphatic rings. The van der Waals surface area contributed by atoms with Crippen LogP contribution in [0.4, 0.5) is 5.82 Å². The summed E-state index contributed by atoms with van der Waals surface area (Å²) in [6, 6.07) is 10.3. The third-order valence-corrected chi connectivity index (χ3v) is 3.18. The van der Waals surface area contributed by atoms with E-state index in [1.165, 1.54) is 5.56 Å². The molecule has 106 valence electrons. The summed E-state index contributed by atoms with van der Waals surface area (Å²) >= 11 is 0. The van der Waals surface area contributed by atoms with E-state index in [-0.39, 0.29) is 0 Å². The fraction of sp³-hybridized carbons (Fsp3) is 0.375. The van der Waals surface area contributed by atoms with Crippen LogP contribution in [0.3, 0.4) is 0 Å². The summed E-state index contributed by atoms with van der Waals surface area (Å²) in [5.74, 6) is 1.00. The first-order valence-corrected chi connectivity index (χ1v) is 6.98. The van der Waals surface area contributed by atoms with E-state index >= 15 is 0 Å². The lowest BCUT2D eigenvalue weighted by molar-refractivity contribution is 0.802. The predicted octanol–water partition coefficient (Wildman–Crippen LogP) is 2.39. The minimum atomic E-state index is 0.764. The van der Waals surface area contributed by atoms with Crippen LogP contribution in [0.2, 0.25) is 0 Å². The van der Waals surface area contributed by atoms with Crippen LogP contribution in [0.15, 0.2) is 36.5 Å². The molecule has 4 nitrogen and oxygen atoms in total. The van der Waals surface area contributed by atoms with Crippen molar-refractivity contribution in [2.75, 3.05) is 19.0 Å². The molecule has 0 aromatic carbocycles. The Morgan fingerprint density at radius 1 is 1.20 bits per heavy atom. The van der Waals surface area contributed by atoms with Gasteiger partial charge in [-0.3, -0.25) is 4.98 Å². The monoisotopic (exact) mass is 270 g/mol. The van der Waals surface area contributed by atoms with Crippen molar-refractivity contribution >= 4 is 5.82 Å². The Balaban J connectivity index is 2.19. The second-order valence-corrected chi connectivity index (χ2v) is 4.89. The molecule has 2 aromatic heterocycles. The zero-order chi connectivity index (χ0) is 14.4. The average molecular weight is 270 g/mol. The fourth-order valence-electron chi connectivity index (χ4n) is 2.13. The number of rotatable bonds is 6. The summed E-state index contributed by atoms with van der Waals surface area (Å²) < 4.78 is 0. The van der Waals surface area contributed by atoms with Gasteiger partial charge in [0.25, 0.3) is 0 Å². The Kier molecular flexibility index (Phi) is 5.07. The van der Waals surface area contributed by atoms with Gasteiger partial charge in [0.15, 0.2) is 0 Å². The molecule has 0 saturated carbocycles. The molecule has 4 heteroatoms. The van der Waals surface area contributed by atoms with E-state index in [2.05, 4.69) is 41.3 Å². The molecule has 0 atom stereocenters. The number of aromatic nitrogens is 2. The molecule has 0 spiro atoms. The Morgan fingerprint density at radius 2 is 2.05 bits per heavy atom. The summed E-state index contributed by atoms with van der Waals surface area (Å²) in [5.41, 5.74) is 3.44. The lowest BCUT2D eigenvalue weighted by Gasteiger charge is -2.19. The first-order valence-electron chi connectivity index (χ1n) is 6.98. The van der Waals surface area contributed by atoms with Crippen LogP contribution >= 0.6 is 0 Å². The Labute approximate surface area is 120 Å². The molecule has 0 aliphatic heterocycles. The maximum atomic E-state index is 4.70. The van der Waals surface area contributed by atoms with Crippen molar-refractivity contribution in [3.05, 3.63) is 53.5 Å². The predicted molar refractivity (Wildman–Crippen MR) is 82.7 cm³/mol. The smallest absolute Gasteiger partial charge is 0.129 e. The van der Waals surface area contributed by atoms with Gasteiger partial charge in [-0.25, -0.2) is 4.98 Å². The topological polar surface area (TPSA) is 41.0 Å². The standard InChI is InChI=1S/C16H22N4/c1-4-14-9-13(11-17-2)10-16(19-14)20(3)12-15-7-5-6-8-18-15/h5-10,17H,4,11-12H2,1-3H3. The number of anilines is 1. The summed E-state index contributed by atoms with van der Waals surface area (Å²) in [5, 5.41) is 3.19. The van der Waals surface area contributed by atoms with Crippen LogP contribution in [0.25, 0.3) is 0 Å². The zero-order valence-corrected chi connectivity index (χ0v) is 12.4. The molecule has 20 heavy (non-hydrogen) atoms. The first kappa shape index (κ1) is 14.5. The van der Waals surface area contributed by atoms with E-state index in [4.69, 9.17) is 4.98 Å². The SMILES string of the molecule is CCc1cc(CNC)cc(N(C)Cc2ccccn2)n1. The largest absolute Gasteiger partial charge is 0.354 e. The van der Waals surface area contributed by atoms with Gasteiger partial charge in [-0.15, -0.1) is 0 Å². The van der Waals surface area contributed by atoms with Crippen LogP contribution in [-0.2, 0) is 19.5 Å². The van der Waals surface area contributed by atoms with Gasteiger partial charge in [0.2, 0.25) is 0 Å². The van der Waals surface area contributed by atoms with Crippen LogP contribution < -0.4 is 10.2 Å². The summed E-state index contributed by atoms with van der Waals surface area (Å²) in [4.78, 5) is 11.2. The quantitative estimate of drug-likeness (QED) is 0.875. The molecule has 1 N–H and O–H groups in total. The molecule has 0 saturated heterocycles. The van der Waals surface area contributed by atoms with Crippen molar-refractivity contribution < 1.29 is 0 Å². The Hall–Kier alpha value is -1.94. The summed E-state index contributed by atoms with van der Waals surface area (Å²) in [7, 11) is 4.02. The van der Waals surface area contributed by atoms with Gasteiger partial charge in [-0.1, -0.05) is 13.0 Å². The van der Waals surface area contributed by atoms with Gasteiger partial charge in [0.05, 0.1) is 12.2 Å². The number of nitrogens with zero attached hydrogens (tertiary/aromatic N) is 3. The van der Waals surface area contributed by atoms with Crippen LogP contribution in [-0.4, -0.2) is 24.1 Å².